The first kappa shape index (κ1) is 17.4. The van der Waals surface area contributed by atoms with Crippen molar-refractivity contribution in [3.63, 3.8) is 0 Å². The maximum absolute atomic E-state index is 12.1. The van der Waals surface area contributed by atoms with Gasteiger partial charge in [0.25, 0.3) is 5.91 Å². The Kier molecular flexibility index (Phi) is 5.63. The van der Waals surface area contributed by atoms with Crippen LogP contribution in [-0.2, 0) is 18.0 Å². The molecule has 5 nitrogen and oxygen atoms in total. The van der Waals surface area contributed by atoms with Gasteiger partial charge in [0.1, 0.15) is 0 Å². The Labute approximate surface area is 154 Å². The molecule has 1 N–H and O–H groups in total. The van der Waals surface area contributed by atoms with E-state index in [0.29, 0.717) is 18.7 Å². The fraction of sp³-hybridized carbons (Fsp3) is 0.158. The van der Waals surface area contributed by atoms with Crippen LogP contribution in [0.2, 0.25) is 0 Å². The van der Waals surface area contributed by atoms with Crippen LogP contribution in [0, 0.1) is 6.92 Å². The minimum Gasteiger partial charge on any atom is -0.269 e. The molecule has 25 heavy (non-hydrogen) atoms. The molecule has 0 spiro atoms. The number of hydroxylamine groups is 1. The maximum atomic E-state index is 12.1. The van der Waals surface area contributed by atoms with E-state index in [0.717, 1.165) is 15.6 Å². The molecule has 0 atom stereocenters. The number of nitrogens with one attached hydrogen (secondary N) is 1. The molecule has 0 bridgehead atoms. The van der Waals surface area contributed by atoms with E-state index in [-0.39, 0.29) is 5.91 Å². The van der Waals surface area contributed by atoms with Crippen molar-refractivity contribution in [3.8, 4) is 0 Å². The van der Waals surface area contributed by atoms with Gasteiger partial charge in [0, 0.05) is 11.8 Å². The summed E-state index contributed by atoms with van der Waals surface area (Å²) < 4.78 is 2.76. The molecule has 6 heteroatoms. The lowest BCUT2D eigenvalue weighted by molar-refractivity contribution is 0.0233. The van der Waals surface area contributed by atoms with Crippen molar-refractivity contribution in [2.75, 3.05) is 0 Å². The van der Waals surface area contributed by atoms with Crippen molar-refractivity contribution in [1.29, 1.82) is 0 Å². The number of aromatic nitrogens is 2. The Morgan fingerprint density at radius 2 is 1.80 bits per heavy atom. The molecule has 3 rings (SSSR count). The van der Waals surface area contributed by atoms with Crippen LogP contribution in [0.1, 0.15) is 27.0 Å². The fourth-order valence-corrected chi connectivity index (χ4v) is 2.63. The lowest BCUT2D eigenvalue weighted by atomic mass is 10.1. The second-order valence-corrected chi connectivity index (χ2v) is 6.67. The lowest BCUT2D eigenvalue weighted by Gasteiger charge is -2.07. The quantitative estimate of drug-likeness (QED) is 0.640. The number of hydrogen-bond donors (Lipinski definition) is 1. The van der Waals surface area contributed by atoms with E-state index in [1.54, 1.807) is 18.3 Å². The molecular weight excluding hydrogens is 382 g/mol. The molecule has 0 unspecified atom stereocenters. The van der Waals surface area contributed by atoms with Crippen LogP contribution in [-0.4, -0.2) is 15.7 Å². The van der Waals surface area contributed by atoms with Gasteiger partial charge >= 0.3 is 0 Å². The van der Waals surface area contributed by atoms with E-state index in [9.17, 15) is 4.79 Å². The Morgan fingerprint density at radius 1 is 1.12 bits per heavy atom. The van der Waals surface area contributed by atoms with Gasteiger partial charge < -0.3 is 0 Å². The van der Waals surface area contributed by atoms with Gasteiger partial charge in [-0.3, -0.25) is 14.3 Å². The van der Waals surface area contributed by atoms with E-state index in [1.807, 2.05) is 54.2 Å². The number of carbonyl (C=O) groups excluding carboxylic acids is 1. The van der Waals surface area contributed by atoms with Crippen molar-refractivity contribution in [2.45, 2.75) is 20.1 Å². The van der Waals surface area contributed by atoms with E-state index >= 15 is 0 Å². The average molecular weight is 400 g/mol. The molecule has 2 aromatic carbocycles. The zero-order valence-corrected chi connectivity index (χ0v) is 15.4. The minimum absolute atomic E-state index is 0.263. The second-order valence-electron chi connectivity index (χ2n) is 5.76. The highest BCUT2D eigenvalue weighted by Gasteiger charge is 2.06. The summed E-state index contributed by atoms with van der Waals surface area (Å²) in [7, 11) is 0. The number of halogens is 1. The SMILES string of the molecule is Cc1ccc(CONC(=O)c2ccc(Cn3cc(Br)cn3)cc2)cc1. The van der Waals surface area contributed by atoms with Gasteiger partial charge in [-0.25, -0.2) is 5.48 Å². The average Bonchev–Trinajstić information content (AvgIpc) is 3.02. The highest BCUT2D eigenvalue weighted by Crippen LogP contribution is 2.10. The third-order valence-electron chi connectivity index (χ3n) is 3.69. The highest BCUT2D eigenvalue weighted by molar-refractivity contribution is 9.10. The van der Waals surface area contributed by atoms with Gasteiger partial charge in [-0.05, 0) is 46.1 Å². The Morgan fingerprint density at radius 3 is 2.44 bits per heavy atom. The van der Waals surface area contributed by atoms with Crippen molar-refractivity contribution in [3.05, 3.63) is 87.7 Å². The van der Waals surface area contributed by atoms with Crippen molar-refractivity contribution >= 4 is 21.8 Å². The molecule has 1 heterocycles. The number of aryl methyl sites for hydroxylation is 1. The van der Waals surface area contributed by atoms with Crippen LogP contribution in [0.15, 0.2) is 65.4 Å². The lowest BCUT2D eigenvalue weighted by Crippen LogP contribution is -2.23. The first-order chi connectivity index (χ1) is 12.1. The molecule has 0 saturated carbocycles. The van der Waals surface area contributed by atoms with Gasteiger partial charge in [-0.2, -0.15) is 5.10 Å². The van der Waals surface area contributed by atoms with Crippen molar-refractivity contribution < 1.29 is 9.63 Å². The zero-order valence-electron chi connectivity index (χ0n) is 13.8. The Hall–Kier alpha value is -2.44. The fourth-order valence-electron chi connectivity index (χ4n) is 2.30. The predicted molar refractivity (Wildman–Crippen MR) is 98.9 cm³/mol. The van der Waals surface area contributed by atoms with Gasteiger partial charge in [0.05, 0.1) is 23.8 Å². The predicted octanol–water partition coefficient (Wildman–Crippen LogP) is 3.86. The number of nitrogens with zero attached hydrogens (tertiary/aromatic N) is 2. The van der Waals surface area contributed by atoms with Crippen LogP contribution < -0.4 is 5.48 Å². The summed E-state index contributed by atoms with van der Waals surface area (Å²) in [6.07, 6.45) is 3.65. The first-order valence-electron chi connectivity index (χ1n) is 7.85. The molecular formula is C19H18BrN3O2. The third-order valence-corrected chi connectivity index (χ3v) is 4.10. The molecule has 0 saturated heterocycles. The number of amides is 1. The number of hydrogen-bond acceptors (Lipinski definition) is 3. The summed E-state index contributed by atoms with van der Waals surface area (Å²) >= 11 is 3.37. The molecule has 0 aliphatic rings. The molecule has 3 aromatic rings. The topological polar surface area (TPSA) is 56.1 Å². The minimum atomic E-state index is -0.263. The van der Waals surface area contributed by atoms with Crippen LogP contribution in [0.4, 0.5) is 0 Å². The van der Waals surface area contributed by atoms with E-state index in [2.05, 4.69) is 26.5 Å². The monoisotopic (exact) mass is 399 g/mol. The maximum Gasteiger partial charge on any atom is 0.274 e. The normalized spacial score (nSPS) is 10.6. The molecule has 0 fully saturated rings. The van der Waals surface area contributed by atoms with E-state index < -0.39 is 0 Å². The van der Waals surface area contributed by atoms with Crippen molar-refractivity contribution in [1.82, 2.24) is 15.3 Å². The van der Waals surface area contributed by atoms with Crippen molar-refractivity contribution in [2.24, 2.45) is 0 Å². The standard InChI is InChI=1S/C19H18BrN3O2/c1-14-2-4-16(5-3-14)13-25-22-19(24)17-8-6-15(7-9-17)11-23-12-18(20)10-21-23/h2-10,12H,11,13H2,1H3,(H,22,24). The van der Waals surface area contributed by atoms with Gasteiger partial charge in [-0.1, -0.05) is 42.0 Å². The molecule has 0 radical (unpaired) electrons. The smallest absolute Gasteiger partial charge is 0.269 e. The van der Waals surface area contributed by atoms with Crippen LogP contribution >= 0.6 is 15.9 Å². The van der Waals surface area contributed by atoms with E-state index in [1.165, 1.54) is 5.56 Å². The largest absolute Gasteiger partial charge is 0.274 e. The molecule has 0 aliphatic heterocycles. The molecule has 0 aliphatic carbocycles. The summed E-state index contributed by atoms with van der Waals surface area (Å²) in [5, 5.41) is 4.21. The van der Waals surface area contributed by atoms with Crippen LogP contribution in [0.25, 0.3) is 0 Å². The van der Waals surface area contributed by atoms with Crippen LogP contribution in [0.5, 0.6) is 0 Å². The first-order valence-corrected chi connectivity index (χ1v) is 8.64. The third kappa shape index (κ3) is 5.01. The van der Waals surface area contributed by atoms with Gasteiger partial charge in [0.15, 0.2) is 0 Å². The van der Waals surface area contributed by atoms with Gasteiger partial charge in [-0.15, -0.1) is 0 Å². The number of benzene rings is 2. The molecule has 1 aromatic heterocycles. The molecule has 128 valence electrons. The Bertz CT molecular complexity index is 842. The van der Waals surface area contributed by atoms with E-state index in [4.69, 9.17) is 4.84 Å². The number of rotatable bonds is 6. The summed E-state index contributed by atoms with van der Waals surface area (Å²) in [5.74, 6) is -0.263. The Balaban J connectivity index is 1.51. The molecule has 1 amide bonds. The zero-order chi connectivity index (χ0) is 17.6. The summed E-state index contributed by atoms with van der Waals surface area (Å²) in [5.41, 5.74) is 6.28. The van der Waals surface area contributed by atoms with Gasteiger partial charge in [0.2, 0.25) is 0 Å². The number of carbonyl (C=O) groups is 1. The summed E-state index contributed by atoms with van der Waals surface area (Å²) in [6.45, 7) is 3.01. The summed E-state index contributed by atoms with van der Waals surface area (Å²) in [6, 6.07) is 15.3. The van der Waals surface area contributed by atoms with Crippen LogP contribution in [0.3, 0.4) is 0 Å². The highest BCUT2D eigenvalue weighted by atomic mass is 79.9. The second kappa shape index (κ2) is 8.09. The summed E-state index contributed by atoms with van der Waals surface area (Å²) in [4.78, 5) is 17.4.